The average molecular weight is 421 g/mol. The van der Waals surface area contributed by atoms with Crippen LogP contribution in [0, 0.1) is 18.7 Å². The third-order valence-electron chi connectivity index (χ3n) is 4.98. The van der Waals surface area contributed by atoms with Crippen molar-refractivity contribution in [2.24, 2.45) is 5.92 Å². The molecule has 0 aliphatic carbocycles. The highest BCUT2D eigenvalue weighted by Crippen LogP contribution is 2.26. The van der Waals surface area contributed by atoms with Crippen LogP contribution in [0.4, 0.5) is 10.1 Å². The molecule has 1 aliphatic rings. The number of anilines is 1. The molecule has 2 aromatic carbocycles. The summed E-state index contributed by atoms with van der Waals surface area (Å²) in [5.74, 6) is -0.628. The van der Waals surface area contributed by atoms with Gasteiger partial charge in [0.2, 0.25) is 15.9 Å². The van der Waals surface area contributed by atoms with E-state index in [1.165, 1.54) is 28.6 Å². The molecular weight excluding hydrogens is 395 g/mol. The van der Waals surface area contributed by atoms with Gasteiger partial charge in [0.25, 0.3) is 0 Å². The van der Waals surface area contributed by atoms with E-state index in [9.17, 15) is 17.6 Å². The molecule has 1 N–H and O–H groups in total. The Balaban J connectivity index is 1.72. The summed E-state index contributed by atoms with van der Waals surface area (Å²) in [6.45, 7) is 4.58. The van der Waals surface area contributed by atoms with Crippen LogP contribution < -0.4 is 10.1 Å². The van der Waals surface area contributed by atoms with Gasteiger partial charge in [0.15, 0.2) is 0 Å². The lowest BCUT2D eigenvalue weighted by Crippen LogP contribution is -2.43. The first kappa shape index (κ1) is 21.3. The standard InChI is InChI=1S/C21H25FN2O4S/c1-3-28-18-8-10-19(11-9-18)29(26,27)24-12-4-5-16(14-24)21(25)23-20-13-17(22)7-6-15(20)2/h6-11,13,16H,3-5,12,14H2,1-2H3,(H,23,25)/t16-/m0/s1. The topological polar surface area (TPSA) is 75.7 Å². The highest BCUT2D eigenvalue weighted by molar-refractivity contribution is 7.89. The second-order valence-electron chi connectivity index (χ2n) is 7.06. The number of benzene rings is 2. The second kappa shape index (κ2) is 8.92. The van der Waals surface area contributed by atoms with E-state index in [1.807, 2.05) is 6.92 Å². The molecule has 3 rings (SSSR count). The fourth-order valence-corrected chi connectivity index (χ4v) is 4.89. The lowest BCUT2D eigenvalue weighted by Gasteiger charge is -2.31. The summed E-state index contributed by atoms with van der Waals surface area (Å²) >= 11 is 0. The number of amides is 1. The molecule has 1 fully saturated rings. The molecule has 8 heteroatoms. The summed E-state index contributed by atoms with van der Waals surface area (Å²) in [7, 11) is -3.71. The maximum absolute atomic E-state index is 13.5. The summed E-state index contributed by atoms with van der Waals surface area (Å²) < 4.78 is 46.1. The summed E-state index contributed by atoms with van der Waals surface area (Å²) in [5, 5.41) is 2.74. The van der Waals surface area contributed by atoms with Crippen LogP contribution in [0.25, 0.3) is 0 Å². The van der Waals surface area contributed by atoms with E-state index in [0.29, 0.717) is 37.4 Å². The zero-order valence-corrected chi connectivity index (χ0v) is 17.3. The molecule has 0 radical (unpaired) electrons. The Morgan fingerprint density at radius 2 is 1.97 bits per heavy atom. The van der Waals surface area contributed by atoms with Crippen molar-refractivity contribution < 1.29 is 22.3 Å². The first-order valence-corrected chi connectivity index (χ1v) is 11.1. The minimum absolute atomic E-state index is 0.0930. The first-order chi connectivity index (χ1) is 13.8. The Morgan fingerprint density at radius 3 is 2.66 bits per heavy atom. The van der Waals surface area contributed by atoms with Crippen LogP contribution in [0.1, 0.15) is 25.3 Å². The SMILES string of the molecule is CCOc1ccc(S(=O)(=O)N2CCC[C@H](C(=O)Nc3cc(F)ccc3C)C2)cc1. The van der Waals surface area contributed by atoms with Gasteiger partial charge < -0.3 is 10.1 Å². The van der Waals surface area contributed by atoms with Gasteiger partial charge in [-0.1, -0.05) is 6.07 Å². The van der Waals surface area contributed by atoms with E-state index >= 15 is 0 Å². The van der Waals surface area contributed by atoms with Crippen molar-refractivity contribution in [3.8, 4) is 5.75 Å². The number of aryl methyl sites for hydroxylation is 1. The van der Waals surface area contributed by atoms with Gasteiger partial charge in [-0.2, -0.15) is 4.31 Å². The van der Waals surface area contributed by atoms with Gasteiger partial charge >= 0.3 is 0 Å². The summed E-state index contributed by atoms with van der Waals surface area (Å²) in [4.78, 5) is 12.9. The number of piperidine rings is 1. The molecule has 0 unspecified atom stereocenters. The van der Waals surface area contributed by atoms with Gasteiger partial charge in [-0.05, 0) is 68.7 Å². The van der Waals surface area contributed by atoms with Gasteiger partial charge in [-0.3, -0.25) is 4.79 Å². The zero-order valence-electron chi connectivity index (χ0n) is 16.5. The van der Waals surface area contributed by atoms with Crippen molar-refractivity contribution in [2.45, 2.75) is 31.6 Å². The molecule has 156 valence electrons. The van der Waals surface area contributed by atoms with Gasteiger partial charge in [-0.25, -0.2) is 12.8 Å². The van der Waals surface area contributed by atoms with Crippen LogP contribution in [0.15, 0.2) is 47.4 Å². The molecular formula is C21H25FN2O4S. The summed E-state index contributed by atoms with van der Waals surface area (Å²) in [5.41, 5.74) is 1.15. The Morgan fingerprint density at radius 1 is 1.24 bits per heavy atom. The number of carbonyl (C=O) groups is 1. The Labute approximate surface area is 170 Å². The molecule has 1 heterocycles. The van der Waals surface area contributed by atoms with E-state index in [-0.39, 0.29) is 17.3 Å². The highest BCUT2D eigenvalue weighted by Gasteiger charge is 2.33. The maximum atomic E-state index is 13.5. The van der Waals surface area contributed by atoms with Gasteiger partial charge in [0.1, 0.15) is 11.6 Å². The fraction of sp³-hybridized carbons (Fsp3) is 0.381. The number of hydrogen-bond acceptors (Lipinski definition) is 4. The van der Waals surface area contributed by atoms with E-state index in [0.717, 1.165) is 5.56 Å². The van der Waals surface area contributed by atoms with Crippen molar-refractivity contribution in [3.63, 3.8) is 0 Å². The predicted molar refractivity (Wildman–Crippen MR) is 109 cm³/mol. The minimum atomic E-state index is -3.71. The minimum Gasteiger partial charge on any atom is -0.494 e. The number of nitrogens with one attached hydrogen (secondary N) is 1. The number of ether oxygens (including phenoxy) is 1. The first-order valence-electron chi connectivity index (χ1n) is 9.61. The molecule has 2 aromatic rings. The van der Waals surface area contributed by atoms with Crippen molar-refractivity contribution in [3.05, 3.63) is 53.8 Å². The number of nitrogens with zero attached hydrogens (tertiary/aromatic N) is 1. The highest BCUT2D eigenvalue weighted by atomic mass is 32.2. The quantitative estimate of drug-likeness (QED) is 0.775. The monoisotopic (exact) mass is 420 g/mol. The van der Waals surface area contributed by atoms with Crippen LogP contribution in [0.2, 0.25) is 0 Å². The van der Waals surface area contributed by atoms with Crippen molar-refractivity contribution in [1.82, 2.24) is 4.31 Å². The zero-order chi connectivity index (χ0) is 21.0. The van der Waals surface area contributed by atoms with Crippen molar-refractivity contribution in [2.75, 3.05) is 25.0 Å². The molecule has 0 spiro atoms. The fourth-order valence-electron chi connectivity index (χ4n) is 3.36. The second-order valence-corrected chi connectivity index (χ2v) is 8.99. The number of hydrogen-bond donors (Lipinski definition) is 1. The van der Waals surface area contributed by atoms with Gasteiger partial charge in [0.05, 0.1) is 17.4 Å². The Bertz CT molecular complexity index is 977. The van der Waals surface area contributed by atoms with E-state index in [1.54, 1.807) is 25.1 Å². The number of rotatable bonds is 6. The lowest BCUT2D eigenvalue weighted by atomic mass is 9.98. The molecule has 1 saturated heterocycles. The van der Waals surface area contributed by atoms with Crippen molar-refractivity contribution >= 4 is 21.6 Å². The average Bonchev–Trinajstić information content (AvgIpc) is 2.71. The number of sulfonamides is 1. The molecule has 29 heavy (non-hydrogen) atoms. The molecule has 0 bridgehead atoms. The van der Waals surface area contributed by atoms with E-state index in [4.69, 9.17) is 4.74 Å². The molecule has 1 amide bonds. The van der Waals surface area contributed by atoms with Crippen molar-refractivity contribution in [1.29, 1.82) is 0 Å². The van der Waals surface area contributed by atoms with E-state index in [2.05, 4.69) is 5.32 Å². The van der Waals surface area contributed by atoms with E-state index < -0.39 is 21.8 Å². The third kappa shape index (κ3) is 4.94. The normalized spacial score (nSPS) is 17.7. The maximum Gasteiger partial charge on any atom is 0.243 e. The Kier molecular flexibility index (Phi) is 6.54. The molecule has 0 saturated carbocycles. The summed E-state index contributed by atoms with van der Waals surface area (Å²) in [6.07, 6.45) is 1.16. The van der Waals surface area contributed by atoms with Crippen LogP contribution in [-0.4, -0.2) is 38.3 Å². The predicted octanol–water partition coefficient (Wildman–Crippen LogP) is 3.57. The number of carbonyl (C=O) groups excluding carboxylic acids is 1. The van der Waals surface area contributed by atoms with Gasteiger partial charge in [-0.15, -0.1) is 0 Å². The van der Waals surface area contributed by atoms with Crippen LogP contribution in [-0.2, 0) is 14.8 Å². The van der Waals surface area contributed by atoms with Gasteiger partial charge in [0, 0.05) is 18.8 Å². The third-order valence-corrected chi connectivity index (χ3v) is 6.86. The lowest BCUT2D eigenvalue weighted by molar-refractivity contribution is -0.120. The molecule has 1 aliphatic heterocycles. The van der Waals surface area contributed by atoms with Crippen LogP contribution >= 0.6 is 0 Å². The van der Waals surface area contributed by atoms with Crippen LogP contribution in [0.3, 0.4) is 0 Å². The molecule has 0 aromatic heterocycles. The largest absolute Gasteiger partial charge is 0.494 e. The molecule has 6 nitrogen and oxygen atoms in total. The summed E-state index contributed by atoms with van der Waals surface area (Å²) in [6, 6.07) is 10.5. The van der Waals surface area contributed by atoms with Crippen LogP contribution in [0.5, 0.6) is 5.75 Å². The number of halogens is 1. The smallest absolute Gasteiger partial charge is 0.243 e. The molecule has 1 atom stereocenters. The Hall–Kier alpha value is -2.45.